The highest BCUT2D eigenvalue weighted by molar-refractivity contribution is 6.35. The zero-order valence-corrected chi connectivity index (χ0v) is 18.4. The molecule has 0 radical (unpaired) electrons. The summed E-state index contributed by atoms with van der Waals surface area (Å²) in [5.41, 5.74) is 2.03. The summed E-state index contributed by atoms with van der Waals surface area (Å²) in [6.45, 7) is 2.09. The standard InChI is InChI=1S/C21H22Cl2N4O3/c1-4-17-21(26(13-28)11-19(29)25(2)3)27-9-5-6-18(20(27)24-17)30-12-14-7-8-15(22)10-16(14)23/h5-10,13H,4,11-12H2,1-3H3. The minimum atomic E-state index is -0.191. The summed E-state index contributed by atoms with van der Waals surface area (Å²) in [5, 5.41) is 1.07. The third-order valence-corrected chi connectivity index (χ3v) is 5.18. The van der Waals surface area contributed by atoms with Gasteiger partial charge in [-0.15, -0.1) is 0 Å². The van der Waals surface area contributed by atoms with E-state index in [9.17, 15) is 9.59 Å². The number of carbonyl (C=O) groups excluding carboxylic acids is 2. The molecule has 0 N–H and O–H groups in total. The number of ether oxygens (including phenoxy) is 1. The fraction of sp³-hybridized carbons (Fsp3) is 0.286. The van der Waals surface area contributed by atoms with Crippen LogP contribution in [0, 0.1) is 0 Å². The molecule has 1 aromatic carbocycles. The van der Waals surface area contributed by atoms with Crippen LogP contribution < -0.4 is 9.64 Å². The number of imidazole rings is 1. The molecular weight excluding hydrogens is 427 g/mol. The summed E-state index contributed by atoms with van der Waals surface area (Å²) in [5.74, 6) is 0.894. The van der Waals surface area contributed by atoms with Crippen molar-refractivity contribution in [3.05, 3.63) is 57.8 Å². The van der Waals surface area contributed by atoms with Crippen molar-refractivity contribution in [1.82, 2.24) is 14.3 Å². The Hall–Kier alpha value is -2.77. The lowest BCUT2D eigenvalue weighted by Crippen LogP contribution is -2.36. The van der Waals surface area contributed by atoms with Crippen molar-refractivity contribution >= 4 is 47.0 Å². The summed E-state index contributed by atoms with van der Waals surface area (Å²) in [6, 6.07) is 8.81. The van der Waals surface area contributed by atoms with E-state index in [-0.39, 0.29) is 19.1 Å². The topological polar surface area (TPSA) is 67.2 Å². The van der Waals surface area contributed by atoms with Crippen molar-refractivity contribution < 1.29 is 14.3 Å². The average molecular weight is 449 g/mol. The van der Waals surface area contributed by atoms with Gasteiger partial charge >= 0.3 is 0 Å². The van der Waals surface area contributed by atoms with Crippen LogP contribution in [0.25, 0.3) is 5.65 Å². The van der Waals surface area contributed by atoms with Crippen molar-refractivity contribution in [3.8, 4) is 5.75 Å². The van der Waals surface area contributed by atoms with Gasteiger partial charge in [-0.1, -0.05) is 36.2 Å². The number of likely N-dealkylation sites (N-methyl/N-ethyl adjacent to an activating group) is 1. The van der Waals surface area contributed by atoms with Crippen LogP contribution in [0.1, 0.15) is 18.2 Å². The maximum atomic E-state index is 12.2. The molecule has 0 saturated heterocycles. The van der Waals surface area contributed by atoms with Crippen LogP contribution >= 0.6 is 23.2 Å². The molecule has 0 unspecified atom stereocenters. The van der Waals surface area contributed by atoms with E-state index in [1.54, 1.807) is 55.0 Å². The average Bonchev–Trinajstić information content (AvgIpc) is 3.10. The summed E-state index contributed by atoms with van der Waals surface area (Å²) < 4.78 is 7.74. The predicted octanol–water partition coefficient (Wildman–Crippen LogP) is 3.83. The first-order chi connectivity index (χ1) is 14.3. The highest BCUT2D eigenvalue weighted by Gasteiger charge is 2.22. The molecule has 158 valence electrons. The molecule has 0 aliphatic heterocycles. The summed E-state index contributed by atoms with van der Waals surface area (Å²) in [6.07, 6.45) is 3.01. The number of benzene rings is 1. The first-order valence-corrected chi connectivity index (χ1v) is 10.1. The van der Waals surface area contributed by atoms with Crippen LogP contribution in [0.15, 0.2) is 36.5 Å². The number of hydrogen-bond donors (Lipinski definition) is 0. The fourth-order valence-electron chi connectivity index (χ4n) is 2.97. The lowest BCUT2D eigenvalue weighted by molar-refractivity contribution is -0.128. The molecule has 3 rings (SSSR count). The lowest BCUT2D eigenvalue weighted by atomic mass is 10.2. The third kappa shape index (κ3) is 4.52. The highest BCUT2D eigenvalue weighted by Crippen LogP contribution is 2.29. The zero-order chi connectivity index (χ0) is 21.8. The molecule has 0 atom stereocenters. The molecule has 0 fully saturated rings. The minimum Gasteiger partial charge on any atom is -0.485 e. The number of hydrogen-bond acceptors (Lipinski definition) is 4. The number of fused-ring (bicyclic) bond motifs is 1. The molecule has 2 heterocycles. The van der Waals surface area contributed by atoms with Crippen LogP contribution in [0.4, 0.5) is 5.82 Å². The number of rotatable bonds is 8. The molecule has 2 amide bonds. The van der Waals surface area contributed by atoms with Gasteiger partial charge in [0, 0.05) is 35.9 Å². The number of aryl methyl sites for hydroxylation is 1. The molecule has 0 spiro atoms. The van der Waals surface area contributed by atoms with E-state index in [0.29, 0.717) is 45.8 Å². The van der Waals surface area contributed by atoms with Crippen molar-refractivity contribution in [2.24, 2.45) is 0 Å². The van der Waals surface area contributed by atoms with Crippen LogP contribution in [0.2, 0.25) is 10.0 Å². The second kappa shape index (κ2) is 9.36. The SMILES string of the molecule is CCc1nc2c(OCc3ccc(Cl)cc3Cl)cccn2c1N(C=O)CC(=O)N(C)C. The normalized spacial score (nSPS) is 10.8. The molecular formula is C21H22Cl2N4O3. The Kier molecular flexibility index (Phi) is 6.84. The Morgan fingerprint density at radius 2 is 2.03 bits per heavy atom. The zero-order valence-electron chi connectivity index (χ0n) is 16.9. The number of pyridine rings is 1. The summed E-state index contributed by atoms with van der Waals surface area (Å²) >= 11 is 12.2. The molecule has 9 heteroatoms. The van der Waals surface area contributed by atoms with Gasteiger partial charge in [0.2, 0.25) is 12.3 Å². The van der Waals surface area contributed by atoms with Crippen molar-refractivity contribution in [3.63, 3.8) is 0 Å². The molecule has 30 heavy (non-hydrogen) atoms. The Bertz CT molecular complexity index is 1080. The number of amides is 2. The Balaban J connectivity index is 1.97. The molecule has 0 aliphatic carbocycles. The van der Waals surface area contributed by atoms with E-state index in [0.717, 1.165) is 5.56 Å². The molecule has 7 nitrogen and oxygen atoms in total. The molecule has 0 aliphatic rings. The van der Waals surface area contributed by atoms with Crippen molar-refractivity contribution in [1.29, 1.82) is 0 Å². The van der Waals surface area contributed by atoms with Gasteiger partial charge in [-0.3, -0.25) is 18.9 Å². The molecule has 2 aromatic heterocycles. The number of anilines is 1. The highest BCUT2D eigenvalue weighted by atomic mass is 35.5. The van der Waals surface area contributed by atoms with Gasteiger partial charge in [-0.2, -0.15) is 0 Å². The summed E-state index contributed by atoms with van der Waals surface area (Å²) in [7, 11) is 3.29. The second-order valence-electron chi connectivity index (χ2n) is 6.85. The third-order valence-electron chi connectivity index (χ3n) is 4.60. The van der Waals surface area contributed by atoms with E-state index in [4.69, 9.17) is 27.9 Å². The van der Waals surface area contributed by atoms with Crippen molar-refractivity contribution in [2.75, 3.05) is 25.5 Å². The second-order valence-corrected chi connectivity index (χ2v) is 7.69. The number of nitrogens with zero attached hydrogens (tertiary/aromatic N) is 4. The number of halogens is 2. The monoisotopic (exact) mass is 448 g/mol. The van der Waals surface area contributed by atoms with E-state index in [1.165, 1.54) is 9.80 Å². The molecule has 0 bridgehead atoms. The Morgan fingerprint density at radius 1 is 1.27 bits per heavy atom. The van der Waals surface area contributed by atoms with Crippen LogP contribution in [0.3, 0.4) is 0 Å². The lowest BCUT2D eigenvalue weighted by Gasteiger charge is -2.20. The van der Waals surface area contributed by atoms with Gasteiger partial charge in [0.1, 0.15) is 19.0 Å². The van der Waals surface area contributed by atoms with E-state index < -0.39 is 0 Å². The quantitative estimate of drug-likeness (QED) is 0.491. The number of carbonyl (C=O) groups is 2. The smallest absolute Gasteiger partial charge is 0.242 e. The van der Waals surface area contributed by atoms with Gasteiger partial charge in [0.05, 0.1) is 5.69 Å². The first-order valence-electron chi connectivity index (χ1n) is 9.34. The van der Waals surface area contributed by atoms with Crippen LogP contribution in [-0.2, 0) is 22.6 Å². The predicted molar refractivity (Wildman–Crippen MR) is 117 cm³/mol. The van der Waals surface area contributed by atoms with Crippen LogP contribution in [0.5, 0.6) is 5.75 Å². The van der Waals surface area contributed by atoms with Gasteiger partial charge < -0.3 is 9.64 Å². The number of aromatic nitrogens is 2. The van der Waals surface area contributed by atoms with E-state index >= 15 is 0 Å². The first kappa shape index (κ1) is 21.9. The van der Waals surface area contributed by atoms with E-state index in [2.05, 4.69) is 4.98 Å². The van der Waals surface area contributed by atoms with Crippen molar-refractivity contribution in [2.45, 2.75) is 20.0 Å². The van der Waals surface area contributed by atoms with Gasteiger partial charge in [-0.25, -0.2) is 4.98 Å². The maximum Gasteiger partial charge on any atom is 0.242 e. The van der Waals surface area contributed by atoms with E-state index in [1.807, 2.05) is 6.92 Å². The van der Waals surface area contributed by atoms with Gasteiger partial charge in [0.25, 0.3) is 0 Å². The molecule has 3 aromatic rings. The Morgan fingerprint density at radius 3 is 2.67 bits per heavy atom. The minimum absolute atomic E-state index is 0.0806. The summed E-state index contributed by atoms with van der Waals surface area (Å²) in [4.78, 5) is 31.4. The van der Waals surface area contributed by atoms with Gasteiger partial charge in [0.15, 0.2) is 11.4 Å². The maximum absolute atomic E-state index is 12.2. The Labute approximate surface area is 184 Å². The molecule has 0 saturated carbocycles. The fourth-order valence-corrected chi connectivity index (χ4v) is 3.44. The van der Waals surface area contributed by atoms with Crippen LogP contribution in [-0.4, -0.2) is 47.2 Å². The van der Waals surface area contributed by atoms with Gasteiger partial charge in [-0.05, 0) is 30.7 Å². The largest absolute Gasteiger partial charge is 0.485 e.